The van der Waals surface area contributed by atoms with Gasteiger partial charge in [-0.25, -0.2) is 9.97 Å². The number of likely N-dealkylation sites (N-methyl/N-ethyl adjacent to an activating group) is 4. The summed E-state index contributed by atoms with van der Waals surface area (Å²) in [6.45, 7) is 26.7. The first-order chi connectivity index (χ1) is 59.0. The molecule has 0 bridgehead atoms. The topological polar surface area (TPSA) is 465 Å². The van der Waals surface area contributed by atoms with Gasteiger partial charge in [0.15, 0.2) is 17.2 Å². The highest BCUT2D eigenvalue weighted by Crippen LogP contribution is 2.33. The summed E-state index contributed by atoms with van der Waals surface area (Å²) in [6.07, 6.45) is 20.8. The molecule has 0 N–H and O–H groups in total. The van der Waals surface area contributed by atoms with Crippen molar-refractivity contribution in [3.63, 3.8) is 0 Å². The number of benzene rings is 6. The van der Waals surface area contributed by atoms with Crippen molar-refractivity contribution in [1.82, 2.24) is 38.7 Å². The summed E-state index contributed by atoms with van der Waals surface area (Å²) >= 11 is 0. The Kier molecular flexibility index (Phi) is 43.5. The Hall–Kier alpha value is -15.4. The maximum Gasteiger partial charge on any atom is 0.311 e. The van der Waals surface area contributed by atoms with E-state index in [0.717, 1.165) is 0 Å². The maximum atomic E-state index is 12.2. The molecule has 0 atom stereocenters. The Morgan fingerprint density at radius 1 is 0.339 bits per heavy atom. The van der Waals surface area contributed by atoms with Crippen molar-refractivity contribution in [2.45, 2.75) is 83.1 Å². The lowest BCUT2D eigenvalue weighted by atomic mass is 10.1. The molecule has 6 aromatic carbocycles. The molecule has 8 aromatic rings. The number of imidazole rings is 2. The first-order valence-electron chi connectivity index (χ1n) is 38.3. The van der Waals surface area contributed by atoms with Gasteiger partial charge in [0.25, 0.3) is 28.9 Å². The first kappa shape index (κ1) is 103. The van der Waals surface area contributed by atoms with Gasteiger partial charge in [-0.1, -0.05) is 18.2 Å². The number of aromatic nitrogens is 4. The number of rotatable bonds is 32. The lowest BCUT2D eigenvalue weighted by Crippen LogP contribution is -2.30. The summed E-state index contributed by atoms with van der Waals surface area (Å²) in [5.74, 6) is 0.761. The Morgan fingerprint density at radius 3 is 0.927 bits per heavy atom. The molecule has 0 saturated carbocycles. The van der Waals surface area contributed by atoms with E-state index in [1.54, 1.807) is 120 Å². The van der Waals surface area contributed by atoms with Crippen molar-refractivity contribution >= 4 is 106 Å². The van der Waals surface area contributed by atoms with E-state index < -0.39 is 29.5 Å². The molecule has 2 heterocycles. The van der Waals surface area contributed by atoms with Crippen molar-refractivity contribution in [1.29, 1.82) is 0 Å². The third-order valence-corrected chi connectivity index (χ3v) is 17.9. The zero-order chi connectivity index (χ0) is 93.0. The third kappa shape index (κ3) is 31.4. The van der Waals surface area contributed by atoms with E-state index in [9.17, 15) is 89.5 Å². The van der Waals surface area contributed by atoms with Crippen molar-refractivity contribution in [2.75, 3.05) is 95.0 Å². The van der Waals surface area contributed by atoms with Crippen LogP contribution in [0.1, 0.15) is 126 Å². The predicted molar refractivity (Wildman–Crippen MR) is 468 cm³/mol. The molecular formula is C86H102N14O24. The second-order valence-corrected chi connectivity index (χ2v) is 25.6. The summed E-state index contributed by atoms with van der Waals surface area (Å²) in [6, 6.07) is 27.2. The lowest BCUT2D eigenvalue weighted by molar-refractivity contribution is -0.385. The van der Waals surface area contributed by atoms with Crippen LogP contribution in [0.25, 0.3) is 36.5 Å². The number of amides is 4. The molecule has 0 fully saturated rings. The van der Waals surface area contributed by atoms with Crippen LogP contribution in [0, 0.1) is 60.7 Å². The van der Waals surface area contributed by atoms with Gasteiger partial charge in [0.05, 0.1) is 107 Å². The minimum Gasteiger partial charge on any atom is -0.497 e. The number of allylic oxidation sites excluding steroid dienone is 2. The highest BCUT2D eigenvalue weighted by atomic mass is 16.7. The molecule has 0 aliphatic heterocycles. The van der Waals surface area contributed by atoms with E-state index in [4.69, 9.17) is 28.4 Å². The molecule has 38 nitrogen and oxygen atoms in total. The van der Waals surface area contributed by atoms with Gasteiger partial charge in [0.2, 0.25) is 23.6 Å². The summed E-state index contributed by atoms with van der Waals surface area (Å²) in [5.41, 5.74) is 3.96. The number of nitrogens with zero attached hydrogens (tertiary/aromatic N) is 14. The Bertz CT molecular complexity index is 5230. The van der Waals surface area contributed by atoms with E-state index in [1.807, 2.05) is 55.4 Å². The number of hydrogen-bond donors (Lipinski definition) is 0. The fourth-order valence-corrected chi connectivity index (χ4v) is 11.2. The highest BCUT2D eigenvalue weighted by molar-refractivity contribution is 6.01. The molecule has 0 aliphatic rings. The molecule has 8 rings (SSSR count). The molecule has 124 heavy (non-hydrogen) atoms. The van der Waals surface area contributed by atoms with Crippen molar-refractivity contribution in [3.05, 3.63) is 275 Å². The number of carbonyl (C=O) groups is 6. The minimum atomic E-state index is -0.525. The van der Waals surface area contributed by atoms with Gasteiger partial charge in [-0.05, 0) is 191 Å². The molecule has 660 valence electrons. The number of hydrogen-bond acceptors (Lipinski definition) is 26. The zero-order valence-corrected chi connectivity index (χ0v) is 72.2. The molecule has 4 amide bonds. The summed E-state index contributed by atoms with van der Waals surface area (Å²) in [4.78, 5) is 149. The van der Waals surface area contributed by atoms with E-state index in [-0.39, 0.29) is 86.8 Å². The fraction of sp³-hybridized carbons (Fsp3) is 0.302. The molecule has 0 spiro atoms. The van der Waals surface area contributed by atoms with E-state index in [1.165, 1.54) is 174 Å². The van der Waals surface area contributed by atoms with Gasteiger partial charge in [0.1, 0.15) is 29.9 Å². The molecule has 0 aliphatic carbocycles. The predicted octanol–water partition coefficient (Wildman–Crippen LogP) is 15.8. The number of ether oxygens (including phenoxy) is 6. The van der Waals surface area contributed by atoms with Gasteiger partial charge < -0.3 is 48.0 Å². The van der Waals surface area contributed by atoms with E-state index in [2.05, 4.69) is 9.97 Å². The van der Waals surface area contributed by atoms with Crippen LogP contribution in [-0.2, 0) is 19.2 Å². The Labute approximate surface area is 716 Å². The van der Waals surface area contributed by atoms with E-state index >= 15 is 0 Å². The molecular weight excluding hydrogens is 1610 g/mol. The smallest absolute Gasteiger partial charge is 0.311 e. The van der Waals surface area contributed by atoms with Gasteiger partial charge >= 0.3 is 17.1 Å². The highest BCUT2D eigenvalue weighted by Gasteiger charge is 2.23. The summed E-state index contributed by atoms with van der Waals surface area (Å²) in [7, 11) is 8.45. The van der Waals surface area contributed by atoms with E-state index in [0.29, 0.717) is 125 Å². The number of nitro benzene ring substituents is 6. The maximum absolute atomic E-state index is 12.2. The number of carbonyl (C=O) groups excluding carboxylic acids is 6. The average molecular weight is 1720 g/mol. The van der Waals surface area contributed by atoms with Crippen LogP contribution < -0.4 is 28.4 Å². The van der Waals surface area contributed by atoms with Crippen LogP contribution in [0.15, 0.2) is 181 Å². The van der Waals surface area contributed by atoms with Crippen LogP contribution in [0.4, 0.5) is 34.1 Å². The lowest BCUT2D eigenvalue weighted by Gasteiger charge is -2.18. The van der Waals surface area contributed by atoms with Gasteiger partial charge in [-0.2, -0.15) is 0 Å². The van der Waals surface area contributed by atoms with Crippen molar-refractivity contribution in [3.8, 4) is 34.5 Å². The quantitative estimate of drug-likeness (QED) is 0.0215. The van der Waals surface area contributed by atoms with Gasteiger partial charge in [-0.3, -0.25) is 98.6 Å². The Balaban J connectivity index is 0.000000384. The largest absolute Gasteiger partial charge is 0.497 e. The van der Waals surface area contributed by atoms with Crippen LogP contribution >= 0.6 is 0 Å². The fourth-order valence-electron chi connectivity index (χ4n) is 11.2. The van der Waals surface area contributed by atoms with Crippen molar-refractivity contribution < 1.29 is 86.7 Å². The first-order valence-corrected chi connectivity index (χ1v) is 38.3. The average Bonchev–Trinajstić information content (AvgIpc) is 1.15. The normalized spacial score (nSPS) is 11.0. The number of nitro groups is 6. The molecule has 0 unspecified atom stereocenters. The minimum absolute atomic E-state index is 0.0709. The summed E-state index contributed by atoms with van der Waals surface area (Å²) in [5, 5.41) is 66.1. The molecule has 0 radical (unpaired) electrons. The Morgan fingerprint density at radius 2 is 0.621 bits per heavy atom. The molecule has 0 saturated heterocycles. The van der Waals surface area contributed by atoms with Crippen LogP contribution in [0.3, 0.4) is 0 Å². The van der Waals surface area contributed by atoms with Gasteiger partial charge in [-0.15, -0.1) is 0 Å². The van der Waals surface area contributed by atoms with Crippen molar-refractivity contribution in [2.24, 2.45) is 0 Å². The van der Waals surface area contributed by atoms with Gasteiger partial charge in [0, 0.05) is 130 Å². The standard InChI is InChI=1S/2C15H20N2O4.2C14H13N3O4.2C14H18N2O4/c1-5-16(6-2)15(18)11(3)9-12-7-8-13(21-4)10-14(12)17(19)20;1-5-16(6-2)15(18)11(3)9-12-7-8-14(21-4)13(10-12)17(19)20;1-10(14(18)16-6-5-15-9-16)7-11-3-4-12(21-2)8-13(11)17(19)20;1-10(14(18)16-6-5-15-9-16)7-11-3-4-13(21-2)12(8-11)17(19)20;1-4-15(5-2)14(17)9-7-11-6-8-12(20-3)10-13(11)16(18)19;1-4-15(5-2)14(17)9-7-11-6-8-13(20-3)12(10-11)16(18)19/h2*7-10H,5-6H2,1-4H3;2*3-9H,1-2H3;2*6-10H,4-5H2,1-3H3/b2*11-9+;2*10-7+;2*9-7+. The molecule has 38 heteroatoms. The number of methoxy groups -OCH3 is 6. The second kappa shape index (κ2) is 52.5. The zero-order valence-electron chi connectivity index (χ0n) is 72.2. The monoisotopic (exact) mass is 1710 g/mol. The SMILES string of the molecule is CCN(CC)C(=O)/C(C)=C/c1ccc(OC)c([N+](=O)[O-])c1.CCN(CC)C(=O)/C(C)=C/c1ccc(OC)cc1[N+](=O)[O-].CCN(CC)C(=O)/C=C/c1ccc(OC)c([N+](=O)[O-])c1.CCN(CC)C(=O)/C=C/c1ccc(OC)cc1[N+](=O)[O-].COc1ccc(/C=C(\C)C(=O)n2ccnc2)c([N+](=O)[O-])c1.COc1ccc(/C=C(\C)C(=O)n2ccnc2)cc1[N+](=O)[O-]. The van der Waals surface area contributed by atoms with Crippen LogP contribution in [0.2, 0.25) is 0 Å². The van der Waals surface area contributed by atoms with Crippen LogP contribution in [-0.4, -0.2) is 199 Å². The summed E-state index contributed by atoms with van der Waals surface area (Å²) < 4.78 is 32.4. The third-order valence-electron chi connectivity index (χ3n) is 17.9. The molecule has 2 aromatic heterocycles. The second-order valence-electron chi connectivity index (χ2n) is 25.6. The van der Waals surface area contributed by atoms with Crippen LogP contribution in [0.5, 0.6) is 34.5 Å².